The Labute approximate surface area is 183 Å². The van der Waals surface area contributed by atoms with Gasteiger partial charge in [-0.25, -0.2) is 0 Å². The summed E-state index contributed by atoms with van der Waals surface area (Å²) in [6.07, 6.45) is 0.00294. The fourth-order valence-corrected chi connectivity index (χ4v) is 8.64. The molecule has 0 amide bonds. The third kappa shape index (κ3) is 5.81. The summed E-state index contributed by atoms with van der Waals surface area (Å²) in [6.45, 7) is 12.7. The third-order valence-electron chi connectivity index (χ3n) is 5.52. The lowest BCUT2D eigenvalue weighted by molar-refractivity contribution is -0.145. The molecular weight excluding hydrogens is 390 g/mol. The van der Waals surface area contributed by atoms with E-state index in [1.165, 1.54) is 10.4 Å². The zero-order chi connectivity index (χ0) is 22.2. The molecule has 30 heavy (non-hydrogen) atoms. The predicted octanol–water partition coefficient (Wildman–Crippen LogP) is 3.84. The molecule has 0 aliphatic carbocycles. The van der Waals surface area contributed by atoms with Crippen LogP contribution in [0.3, 0.4) is 0 Å². The molecule has 164 valence electrons. The highest BCUT2D eigenvalue weighted by molar-refractivity contribution is 6.99. The Bertz CT molecular complexity index is 734. The maximum Gasteiger partial charge on any atom is 0.308 e. The molecule has 0 fully saturated rings. The van der Waals surface area contributed by atoms with Gasteiger partial charge in [-0.15, -0.1) is 0 Å². The van der Waals surface area contributed by atoms with E-state index in [1.807, 2.05) is 19.1 Å². The Hall–Kier alpha value is -1.95. The molecule has 2 aromatic carbocycles. The van der Waals surface area contributed by atoms with E-state index in [0.29, 0.717) is 13.2 Å². The minimum absolute atomic E-state index is 0.132. The van der Waals surface area contributed by atoms with Crippen molar-refractivity contribution in [3.05, 3.63) is 60.7 Å². The van der Waals surface area contributed by atoms with Crippen LogP contribution in [0.15, 0.2) is 60.7 Å². The van der Waals surface area contributed by atoms with Gasteiger partial charge in [-0.2, -0.15) is 0 Å². The van der Waals surface area contributed by atoms with Crippen molar-refractivity contribution < 1.29 is 14.0 Å². The summed E-state index contributed by atoms with van der Waals surface area (Å²) in [5, 5.41) is 2.31. The number of ether oxygens (including phenoxy) is 1. The number of likely N-dealkylation sites (N-methyl/N-ethyl adjacent to an activating group) is 1. The van der Waals surface area contributed by atoms with Crippen LogP contribution < -0.4 is 10.4 Å². The minimum atomic E-state index is -2.72. The molecule has 0 aliphatic rings. The fourth-order valence-electron chi connectivity index (χ4n) is 3.97. The lowest BCUT2D eigenvalue weighted by Crippen LogP contribution is -2.68. The molecule has 0 bridgehead atoms. The van der Waals surface area contributed by atoms with E-state index in [0.717, 1.165) is 6.54 Å². The predicted molar refractivity (Wildman–Crippen MR) is 127 cm³/mol. The molecule has 0 heterocycles. The molecule has 1 atom stereocenters. The molecule has 2 aromatic rings. The van der Waals surface area contributed by atoms with Gasteiger partial charge in [-0.3, -0.25) is 4.79 Å². The van der Waals surface area contributed by atoms with Crippen molar-refractivity contribution >= 4 is 24.7 Å². The molecule has 0 saturated carbocycles. The first kappa shape index (κ1) is 24.3. The van der Waals surface area contributed by atoms with E-state index in [1.54, 1.807) is 0 Å². The number of hydrogen-bond donors (Lipinski definition) is 0. The van der Waals surface area contributed by atoms with Gasteiger partial charge in [0.05, 0.1) is 19.1 Å². The average Bonchev–Trinajstić information content (AvgIpc) is 2.72. The minimum Gasteiger partial charge on any atom is -0.466 e. The Balaban J connectivity index is 2.59. The highest BCUT2D eigenvalue weighted by Crippen LogP contribution is 2.38. The Morgan fingerprint density at radius 1 is 0.967 bits per heavy atom. The Morgan fingerprint density at radius 2 is 1.47 bits per heavy atom. The van der Waals surface area contributed by atoms with Crippen molar-refractivity contribution in [3.8, 4) is 0 Å². The Kier molecular flexibility index (Phi) is 8.83. The van der Waals surface area contributed by atoms with Gasteiger partial charge in [0.25, 0.3) is 8.32 Å². The molecule has 0 N–H and O–H groups in total. The summed E-state index contributed by atoms with van der Waals surface area (Å²) in [7, 11) is -0.654. The fraction of sp³-hybridized carbons (Fsp3) is 0.480. The van der Waals surface area contributed by atoms with E-state index in [9.17, 15) is 4.79 Å². The number of nitrogens with zero attached hydrogens (tertiary/aromatic N) is 1. The van der Waals surface area contributed by atoms with Gasteiger partial charge in [0.15, 0.2) is 0 Å². The van der Waals surface area contributed by atoms with Crippen LogP contribution in [0.2, 0.25) is 5.04 Å². The summed E-state index contributed by atoms with van der Waals surface area (Å²) in [5.74, 6) is -0.204. The first-order valence-corrected chi connectivity index (χ1v) is 12.8. The van der Waals surface area contributed by atoms with Gasteiger partial charge >= 0.3 is 5.97 Å². The molecule has 0 radical (unpaired) electrons. The molecule has 0 unspecified atom stereocenters. The maximum absolute atomic E-state index is 12.4. The zero-order valence-corrected chi connectivity index (χ0v) is 20.4. The lowest BCUT2D eigenvalue weighted by atomic mass is 10.2. The number of carbonyl (C=O) groups is 1. The molecule has 0 saturated heterocycles. The topological polar surface area (TPSA) is 38.8 Å². The first-order chi connectivity index (χ1) is 14.2. The van der Waals surface area contributed by atoms with E-state index < -0.39 is 8.32 Å². The third-order valence-corrected chi connectivity index (χ3v) is 10.6. The van der Waals surface area contributed by atoms with Crippen molar-refractivity contribution in [2.24, 2.45) is 0 Å². The summed E-state index contributed by atoms with van der Waals surface area (Å²) in [5.41, 5.74) is 0. The summed E-state index contributed by atoms with van der Waals surface area (Å²) in [4.78, 5) is 14.6. The van der Waals surface area contributed by atoms with Crippen LogP contribution in [0, 0.1) is 0 Å². The number of rotatable bonds is 10. The van der Waals surface area contributed by atoms with E-state index in [2.05, 4.69) is 88.2 Å². The van der Waals surface area contributed by atoms with Crippen molar-refractivity contribution in [1.82, 2.24) is 4.90 Å². The smallest absolute Gasteiger partial charge is 0.308 e. The van der Waals surface area contributed by atoms with Gasteiger partial charge in [0.1, 0.15) is 0 Å². The SMILES string of the molecule is CCOC(=O)C[C@H](CN(C)CC)O[Si](c1ccccc1)(c1ccccc1)C(C)(C)C. The average molecular weight is 428 g/mol. The maximum atomic E-state index is 12.4. The van der Waals surface area contributed by atoms with E-state index in [-0.39, 0.29) is 23.5 Å². The number of benzene rings is 2. The molecule has 0 aromatic heterocycles. The summed E-state index contributed by atoms with van der Waals surface area (Å²) in [6, 6.07) is 21.1. The molecule has 4 nitrogen and oxygen atoms in total. The van der Waals surface area contributed by atoms with Crippen molar-refractivity contribution in [2.75, 3.05) is 26.7 Å². The molecule has 0 spiro atoms. The second kappa shape index (κ2) is 10.9. The molecule has 0 aliphatic heterocycles. The standard InChI is InChI=1S/C25H37NO3Si/c1-7-26(6)20-21(19-24(27)28-8-2)29-30(25(3,4)5,22-15-11-9-12-16-22)23-17-13-10-14-18-23/h9-18,21H,7-8,19-20H2,1-6H3/t21-/m1/s1. The van der Waals surface area contributed by atoms with Gasteiger partial charge in [-0.1, -0.05) is 88.4 Å². The lowest BCUT2D eigenvalue weighted by Gasteiger charge is -2.45. The number of hydrogen-bond acceptors (Lipinski definition) is 4. The van der Waals surface area contributed by atoms with Gasteiger partial charge in [-0.05, 0) is 35.9 Å². The zero-order valence-electron chi connectivity index (χ0n) is 19.4. The van der Waals surface area contributed by atoms with Crippen LogP contribution in [0.1, 0.15) is 41.0 Å². The van der Waals surface area contributed by atoms with Crippen LogP contribution in [0.4, 0.5) is 0 Å². The second-order valence-electron chi connectivity index (χ2n) is 8.77. The quantitative estimate of drug-likeness (QED) is 0.427. The van der Waals surface area contributed by atoms with Crippen molar-refractivity contribution in [2.45, 2.75) is 52.2 Å². The van der Waals surface area contributed by atoms with Crippen LogP contribution in [-0.4, -0.2) is 52.0 Å². The summed E-state index contributed by atoms with van der Waals surface area (Å²) >= 11 is 0. The normalized spacial score (nSPS) is 13.3. The van der Waals surface area contributed by atoms with E-state index in [4.69, 9.17) is 9.16 Å². The largest absolute Gasteiger partial charge is 0.466 e. The van der Waals surface area contributed by atoms with Crippen LogP contribution in [0.5, 0.6) is 0 Å². The highest BCUT2D eigenvalue weighted by Gasteiger charge is 2.51. The molecule has 5 heteroatoms. The summed E-state index contributed by atoms with van der Waals surface area (Å²) < 4.78 is 12.4. The van der Waals surface area contributed by atoms with Crippen LogP contribution in [0.25, 0.3) is 0 Å². The van der Waals surface area contributed by atoms with Crippen LogP contribution >= 0.6 is 0 Å². The van der Waals surface area contributed by atoms with Gasteiger partial charge in [0, 0.05) is 6.54 Å². The Morgan fingerprint density at radius 3 is 1.87 bits per heavy atom. The monoisotopic (exact) mass is 427 g/mol. The highest BCUT2D eigenvalue weighted by atomic mass is 28.4. The molecular formula is C25H37NO3Si. The first-order valence-electron chi connectivity index (χ1n) is 10.9. The van der Waals surface area contributed by atoms with Gasteiger partial charge in [0.2, 0.25) is 0 Å². The van der Waals surface area contributed by atoms with Crippen molar-refractivity contribution in [1.29, 1.82) is 0 Å². The van der Waals surface area contributed by atoms with Gasteiger partial charge < -0.3 is 14.1 Å². The number of carbonyl (C=O) groups excluding carboxylic acids is 1. The second-order valence-corrected chi connectivity index (χ2v) is 13.0. The number of esters is 1. The van der Waals surface area contributed by atoms with E-state index >= 15 is 0 Å². The molecule has 2 rings (SSSR count). The van der Waals surface area contributed by atoms with Crippen molar-refractivity contribution in [3.63, 3.8) is 0 Å². The van der Waals surface area contributed by atoms with Crippen LogP contribution in [-0.2, 0) is 14.0 Å².